The number of carbonyl (C=O) groups is 1. The Morgan fingerprint density at radius 3 is 2.70 bits per heavy atom. The van der Waals surface area contributed by atoms with E-state index < -0.39 is 0 Å². The Bertz CT molecular complexity index is 116. The lowest BCUT2D eigenvalue weighted by molar-refractivity contribution is -0.124. The summed E-state index contributed by atoms with van der Waals surface area (Å²) in [6.07, 6.45) is 2.13. The van der Waals surface area contributed by atoms with Crippen LogP contribution in [-0.2, 0) is 9.53 Å². The molecule has 0 aliphatic rings. The molecule has 0 N–H and O–H groups in total. The first-order valence-corrected chi connectivity index (χ1v) is 3.41. The molecular weight excluding hydrogens is 128 g/mol. The highest BCUT2D eigenvalue weighted by Gasteiger charge is 1.99. The van der Waals surface area contributed by atoms with Gasteiger partial charge in [-0.2, -0.15) is 0 Å². The highest BCUT2D eigenvalue weighted by Crippen LogP contribution is 1.90. The van der Waals surface area contributed by atoms with Gasteiger partial charge in [0.1, 0.15) is 6.61 Å². The van der Waals surface area contributed by atoms with Crippen LogP contribution in [0.25, 0.3) is 0 Å². The molecule has 0 heterocycles. The van der Waals surface area contributed by atoms with Crippen LogP contribution in [0, 0.1) is 0 Å². The average Bonchev–Trinajstić information content (AvgIpc) is 1.85. The fraction of sp³-hybridized carbons (Fsp3) is 0.625. The summed E-state index contributed by atoms with van der Waals surface area (Å²) in [5, 5.41) is 0. The Labute approximate surface area is 61.9 Å². The molecule has 58 valence electrons. The number of hydrogen-bond donors (Lipinski definition) is 0. The van der Waals surface area contributed by atoms with Crippen LogP contribution in [0.3, 0.4) is 0 Å². The number of rotatable bonds is 5. The van der Waals surface area contributed by atoms with E-state index in [2.05, 4.69) is 6.58 Å². The molecule has 2 heteroatoms. The highest BCUT2D eigenvalue weighted by atomic mass is 16.5. The molecule has 0 atom stereocenters. The number of allylic oxidation sites excluding steroid dienone is 1. The van der Waals surface area contributed by atoms with Gasteiger partial charge < -0.3 is 4.74 Å². The van der Waals surface area contributed by atoms with Crippen LogP contribution >= 0.6 is 0 Å². The molecule has 0 rings (SSSR count). The summed E-state index contributed by atoms with van der Waals surface area (Å²) in [6, 6.07) is 0. The molecule has 0 saturated carbocycles. The summed E-state index contributed by atoms with van der Waals surface area (Å²) < 4.78 is 5.06. The maximum Gasteiger partial charge on any atom is 0.162 e. The van der Waals surface area contributed by atoms with Crippen molar-refractivity contribution >= 4 is 5.78 Å². The second-order valence-electron chi connectivity index (χ2n) is 2.39. The molecule has 2 nitrogen and oxygen atoms in total. The topological polar surface area (TPSA) is 26.3 Å². The Hall–Kier alpha value is -0.630. The Morgan fingerprint density at radius 1 is 1.70 bits per heavy atom. The first-order valence-electron chi connectivity index (χ1n) is 3.41. The number of Topliss-reactive ketones (excluding diaryl/α,β-unsaturated/α-hetero) is 1. The predicted octanol–water partition coefficient (Wildman–Crippen LogP) is 1.56. The van der Waals surface area contributed by atoms with E-state index in [1.165, 1.54) is 0 Å². The molecule has 0 bridgehead atoms. The van der Waals surface area contributed by atoms with Gasteiger partial charge in [0.2, 0.25) is 0 Å². The van der Waals surface area contributed by atoms with Gasteiger partial charge in [0, 0.05) is 6.42 Å². The zero-order valence-electron chi connectivity index (χ0n) is 6.59. The third-order valence-corrected chi connectivity index (χ3v) is 0.950. The number of carbonyl (C=O) groups excluding carboxylic acids is 1. The molecular formula is C8H14O2. The van der Waals surface area contributed by atoms with E-state index in [1.54, 1.807) is 6.08 Å². The van der Waals surface area contributed by atoms with Crippen LogP contribution < -0.4 is 0 Å². The second kappa shape index (κ2) is 5.18. The number of ether oxygens (including phenoxy) is 1. The Kier molecular flexibility index (Phi) is 4.85. The highest BCUT2D eigenvalue weighted by molar-refractivity contribution is 5.80. The van der Waals surface area contributed by atoms with Crippen molar-refractivity contribution in [1.82, 2.24) is 0 Å². The minimum absolute atomic E-state index is 0.0868. The zero-order chi connectivity index (χ0) is 7.98. The van der Waals surface area contributed by atoms with Crippen molar-refractivity contribution in [2.45, 2.75) is 26.4 Å². The normalized spacial score (nSPS) is 9.90. The minimum atomic E-state index is 0.0868. The number of hydrogen-bond acceptors (Lipinski definition) is 2. The van der Waals surface area contributed by atoms with Crippen molar-refractivity contribution in [3.63, 3.8) is 0 Å². The van der Waals surface area contributed by atoms with Crippen LogP contribution in [0.15, 0.2) is 12.7 Å². The van der Waals surface area contributed by atoms with Crippen molar-refractivity contribution in [1.29, 1.82) is 0 Å². The van der Waals surface area contributed by atoms with E-state index in [9.17, 15) is 4.79 Å². The molecule has 0 saturated heterocycles. The van der Waals surface area contributed by atoms with Crippen LogP contribution in [0.1, 0.15) is 20.3 Å². The first kappa shape index (κ1) is 9.37. The van der Waals surface area contributed by atoms with E-state index in [-0.39, 0.29) is 18.5 Å². The van der Waals surface area contributed by atoms with Gasteiger partial charge in [-0.05, 0) is 13.8 Å². The summed E-state index contributed by atoms with van der Waals surface area (Å²) >= 11 is 0. The van der Waals surface area contributed by atoms with Gasteiger partial charge in [-0.25, -0.2) is 0 Å². The van der Waals surface area contributed by atoms with Gasteiger partial charge in [0.25, 0.3) is 0 Å². The minimum Gasteiger partial charge on any atom is -0.371 e. The molecule has 0 aromatic carbocycles. The Morgan fingerprint density at radius 2 is 2.30 bits per heavy atom. The summed E-state index contributed by atoms with van der Waals surface area (Å²) in [7, 11) is 0. The molecule has 0 amide bonds. The van der Waals surface area contributed by atoms with Crippen molar-refractivity contribution in [3.05, 3.63) is 12.7 Å². The number of ketones is 1. The first-order chi connectivity index (χ1) is 4.66. The van der Waals surface area contributed by atoms with Gasteiger partial charge in [-0.3, -0.25) is 4.79 Å². The van der Waals surface area contributed by atoms with Crippen molar-refractivity contribution in [2.24, 2.45) is 0 Å². The molecule has 0 aliphatic carbocycles. The SMILES string of the molecule is C=CCC(=O)COC(C)C. The largest absolute Gasteiger partial charge is 0.371 e. The summed E-state index contributed by atoms with van der Waals surface area (Å²) in [5.41, 5.74) is 0. The van der Waals surface area contributed by atoms with Gasteiger partial charge in [-0.15, -0.1) is 6.58 Å². The van der Waals surface area contributed by atoms with E-state index in [0.29, 0.717) is 6.42 Å². The molecule has 0 unspecified atom stereocenters. The van der Waals surface area contributed by atoms with Crippen molar-refractivity contribution < 1.29 is 9.53 Å². The monoisotopic (exact) mass is 142 g/mol. The Balaban J connectivity index is 3.30. The lowest BCUT2D eigenvalue weighted by Crippen LogP contribution is -2.12. The van der Waals surface area contributed by atoms with Crippen molar-refractivity contribution in [3.8, 4) is 0 Å². The molecule has 0 aromatic rings. The molecule has 0 spiro atoms. The van der Waals surface area contributed by atoms with Crippen LogP contribution in [0.4, 0.5) is 0 Å². The second-order valence-corrected chi connectivity index (χ2v) is 2.39. The molecule has 0 fully saturated rings. The van der Waals surface area contributed by atoms with Crippen LogP contribution in [-0.4, -0.2) is 18.5 Å². The standard InChI is InChI=1S/C8H14O2/c1-4-5-8(9)6-10-7(2)3/h4,7H,1,5-6H2,2-3H3. The predicted molar refractivity (Wildman–Crippen MR) is 40.9 cm³/mol. The smallest absolute Gasteiger partial charge is 0.162 e. The molecule has 10 heavy (non-hydrogen) atoms. The van der Waals surface area contributed by atoms with Crippen molar-refractivity contribution in [2.75, 3.05) is 6.61 Å². The maximum atomic E-state index is 10.8. The van der Waals surface area contributed by atoms with Gasteiger partial charge in [-0.1, -0.05) is 6.08 Å². The summed E-state index contributed by atoms with van der Waals surface area (Å²) in [6.45, 7) is 7.47. The summed E-state index contributed by atoms with van der Waals surface area (Å²) in [5.74, 6) is 0.0868. The average molecular weight is 142 g/mol. The molecule has 0 aromatic heterocycles. The lowest BCUT2D eigenvalue weighted by Gasteiger charge is -2.04. The maximum absolute atomic E-state index is 10.8. The van der Waals surface area contributed by atoms with E-state index in [4.69, 9.17) is 4.74 Å². The molecule has 0 radical (unpaired) electrons. The third kappa shape index (κ3) is 5.51. The van der Waals surface area contributed by atoms with Crippen LogP contribution in [0.2, 0.25) is 0 Å². The van der Waals surface area contributed by atoms with Gasteiger partial charge in [0.15, 0.2) is 5.78 Å². The molecule has 0 aliphatic heterocycles. The fourth-order valence-corrected chi connectivity index (χ4v) is 0.480. The fourth-order valence-electron chi connectivity index (χ4n) is 0.480. The third-order valence-electron chi connectivity index (χ3n) is 0.950. The van der Waals surface area contributed by atoms with E-state index in [1.807, 2.05) is 13.8 Å². The van der Waals surface area contributed by atoms with Gasteiger partial charge in [0.05, 0.1) is 6.10 Å². The zero-order valence-corrected chi connectivity index (χ0v) is 6.59. The van der Waals surface area contributed by atoms with Crippen LogP contribution in [0.5, 0.6) is 0 Å². The quantitative estimate of drug-likeness (QED) is 0.544. The van der Waals surface area contributed by atoms with E-state index in [0.717, 1.165) is 0 Å². The lowest BCUT2D eigenvalue weighted by atomic mass is 10.3. The summed E-state index contributed by atoms with van der Waals surface area (Å²) in [4.78, 5) is 10.8. The van der Waals surface area contributed by atoms with E-state index >= 15 is 0 Å². The van der Waals surface area contributed by atoms with Gasteiger partial charge >= 0.3 is 0 Å².